The van der Waals surface area contributed by atoms with Gasteiger partial charge in [-0.1, -0.05) is 24.3 Å². The van der Waals surface area contributed by atoms with Crippen LogP contribution in [0.5, 0.6) is 0 Å². The van der Waals surface area contributed by atoms with Crippen molar-refractivity contribution in [2.45, 2.75) is 39.2 Å². The molecule has 140 valence electrons. The maximum atomic E-state index is 5.07. The van der Waals surface area contributed by atoms with Crippen LogP contribution in [-0.4, -0.2) is 32.5 Å². The summed E-state index contributed by atoms with van der Waals surface area (Å²) >= 11 is 0. The largest absolute Gasteiger partial charge is 0.304 e. The molecule has 1 aliphatic carbocycles. The predicted octanol–water partition coefficient (Wildman–Crippen LogP) is 3.78. The van der Waals surface area contributed by atoms with Crippen molar-refractivity contribution in [3.63, 3.8) is 0 Å². The standard InChI is InChI=1S/C22H22N6/c1-12-11-23-13(2)21-25-20(26-28(12)21)18-10-17(18)19-14(3)27-9-8-15-6-4-5-7-16(15)22(27)24-19/h4-9,11-12,17-18H,10H2,1-3H3,(H,25,26). The maximum absolute atomic E-state index is 5.07. The molecule has 4 heterocycles. The van der Waals surface area contributed by atoms with Crippen LogP contribution in [0.25, 0.3) is 16.4 Å². The number of allylic oxidation sites excluding steroid dienone is 1. The smallest absolute Gasteiger partial charge is 0.171 e. The Bertz CT molecular complexity index is 1230. The normalized spacial score (nSPS) is 26.0. The molecule has 2 aromatic heterocycles. The van der Waals surface area contributed by atoms with Gasteiger partial charge in [-0.25, -0.2) is 9.98 Å². The number of imidazole rings is 1. The third kappa shape index (κ3) is 2.11. The number of hydrogen-bond acceptors (Lipinski definition) is 5. The van der Waals surface area contributed by atoms with Crippen molar-refractivity contribution in [1.82, 2.24) is 19.8 Å². The fraction of sp³-hybridized carbons (Fsp3) is 0.318. The number of fused-ring (bicyclic) bond motifs is 4. The monoisotopic (exact) mass is 370 g/mol. The van der Waals surface area contributed by atoms with Gasteiger partial charge in [-0.3, -0.25) is 15.4 Å². The van der Waals surface area contributed by atoms with Gasteiger partial charge in [0.15, 0.2) is 5.82 Å². The van der Waals surface area contributed by atoms with Crippen molar-refractivity contribution in [1.29, 1.82) is 0 Å². The van der Waals surface area contributed by atoms with Crippen LogP contribution in [0.4, 0.5) is 0 Å². The molecule has 1 fully saturated rings. The van der Waals surface area contributed by atoms with Crippen LogP contribution < -0.4 is 5.43 Å². The molecule has 6 nitrogen and oxygen atoms in total. The Labute approximate surface area is 163 Å². The summed E-state index contributed by atoms with van der Waals surface area (Å²) in [4.78, 5) is 14.4. The molecule has 3 aromatic rings. The molecule has 3 atom stereocenters. The molecule has 0 radical (unpaired) electrons. The first-order chi connectivity index (χ1) is 13.6. The Kier molecular flexibility index (Phi) is 3.08. The number of pyridine rings is 1. The van der Waals surface area contributed by atoms with Crippen molar-refractivity contribution in [2.24, 2.45) is 15.9 Å². The number of rotatable bonds is 2. The molecule has 6 heteroatoms. The fourth-order valence-electron chi connectivity index (χ4n) is 4.48. The van der Waals surface area contributed by atoms with Gasteiger partial charge in [-0.05, 0) is 38.6 Å². The highest BCUT2D eigenvalue weighted by atomic mass is 15.6. The Morgan fingerprint density at radius 1 is 1.11 bits per heavy atom. The lowest BCUT2D eigenvalue weighted by molar-refractivity contribution is 0.290. The molecular formula is C22H22N6. The van der Waals surface area contributed by atoms with Crippen molar-refractivity contribution < 1.29 is 0 Å². The van der Waals surface area contributed by atoms with Gasteiger partial charge in [0, 0.05) is 35.3 Å². The summed E-state index contributed by atoms with van der Waals surface area (Å²) in [6.45, 7) is 6.32. The minimum Gasteiger partial charge on any atom is -0.304 e. The first kappa shape index (κ1) is 15.9. The van der Waals surface area contributed by atoms with Crippen LogP contribution in [0.15, 0.2) is 58.0 Å². The van der Waals surface area contributed by atoms with Crippen LogP contribution in [0.3, 0.4) is 0 Å². The molecule has 0 saturated heterocycles. The van der Waals surface area contributed by atoms with Crippen LogP contribution >= 0.6 is 0 Å². The van der Waals surface area contributed by atoms with E-state index < -0.39 is 0 Å². The summed E-state index contributed by atoms with van der Waals surface area (Å²) in [7, 11) is 0. The molecule has 1 N–H and O–H groups in total. The molecule has 3 unspecified atom stereocenters. The van der Waals surface area contributed by atoms with Crippen molar-refractivity contribution in [2.75, 3.05) is 0 Å². The van der Waals surface area contributed by atoms with E-state index in [4.69, 9.17) is 9.98 Å². The molecule has 6 rings (SSSR count). The summed E-state index contributed by atoms with van der Waals surface area (Å²) in [5.74, 6) is 2.82. The second kappa shape index (κ2) is 5.44. The number of benzene rings is 1. The SMILES string of the molecule is CC1=C2N=C(C3CC3c3nc4c5ccccc5ccn4c3C)NN2C(C)C=N1. The quantitative estimate of drug-likeness (QED) is 0.747. The van der Waals surface area contributed by atoms with E-state index in [-0.39, 0.29) is 6.04 Å². The Hall–Kier alpha value is -3.15. The third-order valence-corrected chi connectivity index (χ3v) is 6.19. The van der Waals surface area contributed by atoms with Crippen LogP contribution in [-0.2, 0) is 0 Å². The van der Waals surface area contributed by atoms with Crippen LogP contribution in [0.2, 0.25) is 0 Å². The van der Waals surface area contributed by atoms with Gasteiger partial charge < -0.3 is 4.40 Å². The second-order valence-corrected chi connectivity index (χ2v) is 8.03. The van der Waals surface area contributed by atoms with E-state index in [1.54, 1.807) is 0 Å². The average molecular weight is 370 g/mol. The van der Waals surface area contributed by atoms with E-state index in [2.05, 4.69) is 70.2 Å². The fourth-order valence-corrected chi connectivity index (χ4v) is 4.48. The highest BCUT2D eigenvalue weighted by Crippen LogP contribution is 2.50. The zero-order chi connectivity index (χ0) is 19.0. The summed E-state index contributed by atoms with van der Waals surface area (Å²) in [6.07, 6.45) is 5.19. The number of hydrazine groups is 1. The van der Waals surface area contributed by atoms with E-state index in [1.165, 1.54) is 22.2 Å². The number of aryl methyl sites for hydroxylation is 1. The van der Waals surface area contributed by atoms with Gasteiger partial charge in [0.05, 0.1) is 17.4 Å². The molecule has 0 bridgehead atoms. The van der Waals surface area contributed by atoms with E-state index in [0.717, 1.165) is 29.4 Å². The lowest BCUT2D eigenvalue weighted by atomic mass is 10.2. The van der Waals surface area contributed by atoms with Crippen LogP contribution in [0, 0.1) is 12.8 Å². The highest BCUT2D eigenvalue weighted by Gasteiger charge is 2.47. The van der Waals surface area contributed by atoms with Crippen molar-refractivity contribution in [3.8, 4) is 0 Å². The zero-order valence-corrected chi connectivity index (χ0v) is 16.2. The van der Waals surface area contributed by atoms with Gasteiger partial charge in [0.25, 0.3) is 0 Å². The van der Waals surface area contributed by atoms with Crippen molar-refractivity contribution in [3.05, 3.63) is 59.4 Å². The molecule has 3 aliphatic rings. The van der Waals surface area contributed by atoms with E-state index in [0.29, 0.717) is 11.8 Å². The van der Waals surface area contributed by atoms with Gasteiger partial charge in [-0.15, -0.1) is 0 Å². The molecule has 0 amide bonds. The van der Waals surface area contributed by atoms with Crippen LogP contribution in [0.1, 0.15) is 37.6 Å². The number of nitrogens with zero attached hydrogens (tertiary/aromatic N) is 5. The molecule has 0 spiro atoms. The molecule has 1 aromatic carbocycles. The highest BCUT2D eigenvalue weighted by molar-refractivity contribution is 5.94. The second-order valence-electron chi connectivity index (χ2n) is 8.03. The number of aromatic nitrogens is 2. The molecule has 1 saturated carbocycles. The summed E-state index contributed by atoms with van der Waals surface area (Å²) < 4.78 is 2.22. The number of amidine groups is 1. The Morgan fingerprint density at radius 2 is 1.96 bits per heavy atom. The van der Waals surface area contributed by atoms with Gasteiger partial charge in [0.2, 0.25) is 0 Å². The first-order valence-electron chi connectivity index (χ1n) is 9.87. The lowest BCUT2D eigenvalue weighted by Crippen LogP contribution is -2.44. The summed E-state index contributed by atoms with van der Waals surface area (Å²) in [5.41, 5.74) is 7.97. The summed E-state index contributed by atoms with van der Waals surface area (Å²) in [6, 6.07) is 10.8. The minimum atomic E-state index is 0.209. The third-order valence-electron chi connectivity index (χ3n) is 6.19. The van der Waals surface area contributed by atoms with Gasteiger partial charge >= 0.3 is 0 Å². The minimum absolute atomic E-state index is 0.209. The Morgan fingerprint density at radius 3 is 2.82 bits per heavy atom. The zero-order valence-electron chi connectivity index (χ0n) is 16.2. The topological polar surface area (TPSA) is 57.3 Å². The lowest BCUT2D eigenvalue weighted by Gasteiger charge is -2.27. The molecule has 2 aliphatic heterocycles. The van der Waals surface area contributed by atoms with E-state index >= 15 is 0 Å². The molecule has 28 heavy (non-hydrogen) atoms. The summed E-state index contributed by atoms with van der Waals surface area (Å²) in [5, 5.41) is 4.56. The van der Waals surface area contributed by atoms with Gasteiger partial charge in [-0.2, -0.15) is 0 Å². The number of nitrogens with one attached hydrogen (secondary N) is 1. The Balaban J connectivity index is 1.37. The van der Waals surface area contributed by atoms with Crippen molar-refractivity contribution >= 4 is 28.5 Å². The number of hydrogen-bond donors (Lipinski definition) is 1. The number of aliphatic imine (C=N–C) groups is 2. The van der Waals surface area contributed by atoms with E-state index in [1.807, 2.05) is 13.1 Å². The average Bonchev–Trinajstić information content (AvgIpc) is 3.23. The first-order valence-corrected chi connectivity index (χ1v) is 9.87. The van der Waals surface area contributed by atoms with E-state index in [9.17, 15) is 0 Å². The predicted molar refractivity (Wildman–Crippen MR) is 111 cm³/mol. The molecular weight excluding hydrogens is 348 g/mol. The maximum Gasteiger partial charge on any atom is 0.171 e. The van der Waals surface area contributed by atoms with Gasteiger partial charge in [0.1, 0.15) is 11.5 Å².